The molecule has 0 saturated carbocycles. The summed E-state index contributed by atoms with van der Waals surface area (Å²) in [6.07, 6.45) is -0.0403. The second kappa shape index (κ2) is 6.29. The van der Waals surface area contributed by atoms with Crippen molar-refractivity contribution in [1.82, 2.24) is 0 Å². The smallest absolute Gasteiger partial charge is 0.406 e. The second-order valence-electron chi connectivity index (χ2n) is 6.62. The van der Waals surface area contributed by atoms with Gasteiger partial charge in [0.1, 0.15) is 5.75 Å². The topological polar surface area (TPSA) is 64.4 Å². The molecule has 4 rings (SSSR count). The second-order valence-corrected chi connectivity index (χ2v) is 6.62. The molecule has 0 radical (unpaired) electrons. The standard InChI is InChI=1S/C19H15F3N2O3/c20-19(21,22)27-13-7-8-17-16(10-13)14-5-2-6-15(14)18(23-17)11-3-1-4-12(9-11)24(25)26/h1-5,7-10,14-15,18,23H,6H2. The number of nitro groups is 1. The first-order valence-corrected chi connectivity index (χ1v) is 8.39. The molecule has 0 aromatic heterocycles. The molecule has 1 heterocycles. The summed E-state index contributed by atoms with van der Waals surface area (Å²) in [4.78, 5) is 10.6. The molecule has 140 valence electrons. The van der Waals surface area contributed by atoms with Gasteiger partial charge in [-0.15, -0.1) is 13.2 Å². The quantitative estimate of drug-likeness (QED) is 0.447. The average Bonchev–Trinajstić information content (AvgIpc) is 3.10. The fourth-order valence-electron chi connectivity index (χ4n) is 3.93. The van der Waals surface area contributed by atoms with E-state index in [-0.39, 0.29) is 29.3 Å². The lowest BCUT2D eigenvalue weighted by molar-refractivity contribution is -0.384. The number of hydrogen-bond donors (Lipinski definition) is 1. The number of hydrogen-bond acceptors (Lipinski definition) is 4. The molecular weight excluding hydrogens is 361 g/mol. The summed E-state index contributed by atoms with van der Waals surface area (Å²) >= 11 is 0. The normalized spacial score (nSPS) is 23.3. The van der Waals surface area contributed by atoms with Crippen molar-refractivity contribution in [2.24, 2.45) is 5.92 Å². The largest absolute Gasteiger partial charge is 0.573 e. The highest BCUT2D eigenvalue weighted by Gasteiger charge is 2.39. The molecule has 5 nitrogen and oxygen atoms in total. The maximum absolute atomic E-state index is 12.5. The number of halogens is 3. The highest BCUT2D eigenvalue weighted by Crippen LogP contribution is 2.50. The first-order chi connectivity index (χ1) is 12.8. The van der Waals surface area contributed by atoms with Crippen LogP contribution in [0.15, 0.2) is 54.6 Å². The fraction of sp³-hybridized carbons (Fsp3) is 0.263. The Morgan fingerprint density at radius 2 is 2.00 bits per heavy atom. The molecule has 2 aromatic carbocycles. The summed E-state index contributed by atoms with van der Waals surface area (Å²) < 4.78 is 41.6. The van der Waals surface area contributed by atoms with Crippen LogP contribution in [0.4, 0.5) is 24.5 Å². The number of benzene rings is 2. The number of anilines is 1. The molecule has 3 unspecified atom stereocenters. The molecule has 0 amide bonds. The van der Waals surface area contributed by atoms with Gasteiger partial charge in [0.15, 0.2) is 0 Å². The van der Waals surface area contributed by atoms with Crippen LogP contribution in [0.1, 0.15) is 29.5 Å². The van der Waals surface area contributed by atoms with E-state index < -0.39 is 11.3 Å². The molecule has 3 atom stereocenters. The molecule has 1 aliphatic carbocycles. The molecule has 0 fully saturated rings. The predicted molar refractivity (Wildman–Crippen MR) is 92.6 cm³/mol. The van der Waals surface area contributed by atoms with Crippen molar-refractivity contribution >= 4 is 11.4 Å². The van der Waals surface area contributed by atoms with Crippen molar-refractivity contribution in [2.45, 2.75) is 24.7 Å². The minimum Gasteiger partial charge on any atom is -0.406 e. The van der Waals surface area contributed by atoms with E-state index in [1.54, 1.807) is 18.2 Å². The molecule has 2 aliphatic rings. The zero-order valence-electron chi connectivity index (χ0n) is 13.9. The van der Waals surface area contributed by atoms with Crippen LogP contribution in [0, 0.1) is 16.0 Å². The lowest BCUT2D eigenvalue weighted by Crippen LogP contribution is -2.29. The highest BCUT2D eigenvalue weighted by molar-refractivity contribution is 5.62. The van der Waals surface area contributed by atoms with Gasteiger partial charge in [0, 0.05) is 23.7 Å². The summed E-state index contributed by atoms with van der Waals surface area (Å²) in [7, 11) is 0. The van der Waals surface area contributed by atoms with Crippen LogP contribution in [0.5, 0.6) is 5.75 Å². The third-order valence-corrected chi connectivity index (χ3v) is 5.01. The van der Waals surface area contributed by atoms with Gasteiger partial charge in [0.2, 0.25) is 0 Å². The Morgan fingerprint density at radius 3 is 2.74 bits per heavy atom. The molecule has 0 bridgehead atoms. The van der Waals surface area contributed by atoms with E-state index in [1.807, 2.05) is 18.2 Å². The number of nitrogens with one attached hydrogen (secondary N) is 1. The Morgan fingerprint density at radius 1 is 1.19 bits per heavy atom. The molecule has 8 heteroatoms. The first kappa shape index (κ1) is 17.4. The predicted octanol–water partition coefficient (Wildman–Crippen LogP) is 5.32. The van der Waals surface area contributed by atoms with Gasteiger partial charge >= 0.3 is 6.36 Å². The Balaban J connectivity index is 1.70. The fourth-order valence-corrected chi connectivity index (χ4v) is 3.93. The summed E-state index contributed by atoms with van der Waals surface area (Å²) in [5.41, 5.74) is 2.23. The van der Waals surface area contributed by atoms with Crippen molar-refractivity contribution < 1.29 is 22.8 Å². The van der Waals surface area contributed by atoms with Gasteiger partial charge in [0.05, 0.1) is 11.0 Å². The Labute approximate surface area is 152 Å². The maximum Gasteiger partial charge on any atom is 0.573 e. The molecule has 0 saturated heterocycles. The van der Waals surface area contributed by atoms with Crippen molar-refractivity contribution in [3.8, 4) is 5.75 Å². The number of ether oxygens (including phenoxy) is 1. The van der Waals surface area contributed by atoms with Gasteiger partial charge in [-0.3, -0.25) is 10.1 Å². The van der Waals surface area contributed by atoms with Crippen LogP contribution in [0.25, 0.3) is 0 Å². The van der Waals surface area contributed by atoms with Gasteiger partial charge in [-0.1, -0.05) is 24.3 Å². The number of allylic oxidation sites excluding steroid dienone is 2. The number of nitro benzene ring substituents is 1. The van der Waals surface area contributed by atoms with E-state index in [4.69, 9.17) is 0 Å². The minimum atomic E-state index is -4.74. The molecule has 27 heavy (non-hydrogen) atoms. The van der Waals surface area contributed by atoms with Gasteiger partial charge in [-0.05, 0) is 41.7 Å². The zero-order chi connectivity index (χ0) is 19.2. The summed E-state index contributed by atoms with van der Waals surface area (Å²) in [6, 6.07) is 10.5. The SMILES string of the molecule is O=[N+]([O-])c1cccc(C2Nc3ccc(OC(F)(F)F)cc3C3C=CCC32)c1. The van der Waals surface area contributed by atoms with E-state index in [0.29, 0.717) is 5.69 Å². The molecule has 0 spiro atoms. The van der Waals surface area contributed by atoms with Crippen molar-refractivity contribution in [3.05, 3.63) is 75.9 Å². The summed E-state index contributed by atoms with van der Waals surface area (Å²) in [6.45, 7) is 0. The number of alkyl halides is 3. The van der Waals surface area contributed by atoms with Crippen molar-refractivity contribution in [3.63, 3.8) is 0 Å². The first-order valence-electron chi connectivity index (χ1n) is 8.39. The van der Waals surface area contributed by atoms with Crippen LogP contribution >= 0.6 is 0 Å². The van der Waals surface area contributed by atoms with Crippen LogP contribution < -0.4 is 10.1 Å². The monoisotopic (exact) mass is 376 g/mol. The summed E-state index contributed by atoms with van der Waals surface area (Å²) in [5.74, 6) is -0.279. The molecule has 2 aromatic rings. The van der Waals surface area contributed by atoms with E-state index in [0.717, 1.165) is 17.5 Å². The Kier molecular flexibility index (Phi) is 4.05. The number of fused-ring (bicyclic) bond motifs is 3. The van der Waals surface area contributed by atoms with Crippen LogP contribution in [-0.4, -0.2) is 11.3 Å². The number of non-ortho nitro benzene ring substituents is 1. The van der Waals surface area contributed by atoms with Crippen molar-refractivity contribution in [2.75, 3.05) is 5.32 Å². The lowest BCUT2D eigenvalue weighted by atomic mass is 9.77. The lowest BCUT2D eigenvalue weighted by Gasteiger charge is -2.37. The highest BCUT2D eigenvalue weighted by atomic mass is 19.4. The third kappa shape index (κ3) is 3.34. The number of nitrogens with zero attached hydrogens (tertiary/aromatic N) is 1. The summed E-state index contributed by atoms with van der Waals surface area (Å²) in [5, 5.41) is 14.4. The van der Waals surface area contributed by atoms with Crippen LogP contribution in [0.3, 0.4) is 0 Å². The zero-order valence-corrected chi connectivity index (χ0v) is 13.9. The minimum absolute atomic E-state index is 0.0107. The molecular formula is C19H15F3N2O3. The van der Waals surface area contributed by atoms with E-state index in [1.165, 1.54) is 18.2 Å². The molecule has 1 aliphatic heterocycles. The average molecular weight is 376 g/mol. The van der Waals surface area contributed by atoms with Gasteiger partial charge in [0.25, 0.3) is 5.69 Å². The van der Waals surface area contributed by atoms with Crippen LogP contribution in [0.2, 0.25) is 0 Å². The maximum atomic E-state index is 12.5. The Hall–Kier alpha value is -3.03. The third-order valence-electron chi connectivity index (χ3n) is 5.01. The van der Waals surface area contributed by atoms with E-state index in [9.17, 15) is 23.3 Å². The number of rotatable bonds is 3. The van der Waals surface area contributed by atoms with Gasteiger partial charge < -0.3 is 10.1 Å². The van der Waals surface area contributed by atoms with Crippen molar-refractivity contribution in [1.29, 1.82) is 0 Å². The van der Waals surface area contributed by atoms with Gasteiger partial charge in [-0.25, -0.2) is 0 Å². The van der Waals surface area contributed by atoms with Crippen LogP contribution in [-0.2, 0) is 0 Å². The van der Waals surface area contributed by atoms with E-state index >= 15 is 0 Å². The Bertz CT molecular complexity index is 927. The van der Waals surface area contributed by atoms with Gasteiger partial charge in [-0.2, -0.15) is 0 Å². The molecule has 1 N–H and O–H groups in total. The van der Waals surface area contributed by atoms with E-state index in [2.05, 4.69) is 10.1 Å².